The van der Waals surface area contributed by atoms with Gasteiger partial charge in [0, 0.05) is 24.8 Å². The van der Waals surface area contributed by atoms with E-state index in [1.807, 2.05) is 30.3 Å². The molecule has 0 aliphatic rings. The third-order valence-electron chi connectivity index (χ3n) is 7.95. The first-order chi connectivity index (χ1) is 20.6. The monoisotopic (exact) mass is 595 g/mol. The lowest BCUT2D eigenvalue weighted by molar-refractivity contribution is -0.143. The molecule has 1 heterocycles. The van der Waals surface area contributed by atoms with Gasteiger partial charge in [0.15, 0.2) is 5.82 Å². The molecule has 3 aromatic carbocycles. The van der Waals surface area contributed by atoms with Gasteiger partial charge in [0.05, 0.1) is 5.56 Å². The Balaban J connectivity index is 1.45. The molecule has 0 bridgehead atoms. The summed E-state index contributed by atoms with van der Waals surface area (Å²) in [5.41, 5.74) is 5.72. The quantitative estimate of drug-likeness (QED) is 0.126. The maximum absolute atomic E-state index is 13.0. The van der Waals surface area contributed by atoms with Gasteiger partial charge in [0.1, 0.15) is 5.54 Å². The standard InChI is InChI=1S/C34H40F3N3O3/c1-2-3-4-5-6-7-8-9-10-15-30-39-31(43-40-30)29-21-18-25(27-13-11-12-14-28(27)29)23-33(38,32(41)42)22-24-16-19-26(20-17-24)34(35,36)37/h11-14,16-21H,2-10,15,22-23,38H2,1H3,(H,41,42). The van der Waals surface area contributed by atoms with Gasteiger partial charge in [-0.3, -0.25) is 4.79 Å². The van der Waals surface area contributed by atoms with Crippen LogP contribution in [0.2, 0.25) is 0 Å². The second-order valence-corrected chi connectivity index (χ2v) is 11.4. The summed E-state index contributed by atoms with van der Waals surface area (Å²) in [6, 6.07) is 15.6. The number of nitrogens with zero attached hydrogens (tertiary/aromatic N) is 2. The van der Waals surface area contributed by atoms with Gasteiger partial charge in [0.25, 0.3) is 5.89 Å². The largest absolute Gasteiger partial charge is 0.480 e. The first-order valence-electron chi connectivity index (χ1n) is 15.1. The number of aliphatic carboxylic acids is 1. The first-order valence-corrected chi connectivity index (χ1v) is 15.1. The second kappa shape index (κ2) is 14.6. The molecule has 9 heteroatoms. The topological polar surface area (TPSA) is 102 Å². The highest BCUT2D eigenvalue weighted by Crippen LogP contribution is 2.33. The minimum Gasteiger partial charge on any atom is -0.480 e. The van der Waals surface area contributed by atoms with Gasteiger partial charge in [-0.15, -0.1) is 0 Å². The van der Waals surface area contributed by atoms with Crippen LogP contribution >= 0.6 is 0 Å². The highest BCUT2D eigenvalue weighted by Gasteiger charge is 2.36. The number of nitrogens with two attached hydrogens (primary N) is 1. The van der Waals surface area contributed by atoms with Crippen LogP contribution in [0.1, 0.15) is 87.2 Å². The van der Waals surface area contributed by atoms with E-state index in [0.29, 0.717) is 22.8 Å². The highest BCUT2D eigenvalue weighted by atomic mass is 19.4. The summed E-state index contributed by atoms with van der Waals surface area (Å²) in [4.78, 5) is 17.0. The lowest BCUT2D eigenvalue weighted by atomic mass is 9.83. The summed E-state index contributed by atoms with van der Waals surface area (Å²) in [5, 5.41) is 15.9. The summed E-state index contributed by atoms with van der Waals surface area (Å²) in [7, 11) is 0. The SMILES string of the molecule is CCCCCCCCCCCc1noc(-c2ccc(CC(N)(Cc3ccc(C(F)(F)F)cc3)C(=O)O)c3ccccc23)n1. The van der Waals surface area contributed by atoms with E-state index >= 15 is 0 Å². The van der Waals surface area contributed by atoms with Gasteiger partial charge in [0.2, 0.25) is 0 Å². The van der Waals surface area contributed by atoms with Gasteiger partial charge in [-0.1, -0.05) is 106 Å². The van der Waals surface area contributed by atoms with Crippen LogP contribution < -0.4 is 5.73 Å². The molecule has 0 aliphatic carbocycles. The fourth-order valence-electron chi connectivity index (χ4n) is 5.49. The van der Waals surface area contributed by atoms with Crippen molar-refractivity contribution < 1.29 is 27.6 Å². The maximum atomic E-state index is 13.0. The maximum Gasteiger partial charge on any atom is 0.416 e. The minimum absolute atomic E-state index is 0.0299. The van der Waals surface area contributed by atoms with Crippen LogP contribution in [0.4, 0.5) is 13.2 Å². The van der Waals surface area contributed by atoms with Crippen LogP contribution in [-0.4, -0.2) is 26.8 Å². The summed E-state index contributed by atoms with van der Waals surface area (Å²) in [5.74, 6) is -0.177. The number of aryl methyl sites for hydroxylation is 1. The third-order valence-corrected chi connectivity index (χ3v) is 7.95. The van der Waals surface area contributed by atoms with Crippen molar-refractivity contribution in [2.45, 2.75) is 95.7 Å². The number of halogens is 3. The molecule has 4 rings (SSSR count). The number of aromatic nitrogens is 2. The Morgan fingerprint density at radius 1 is 0.837 bits per heavy atom. The predicted molar refractivity (Wildman–Crippen MR) is 162 cm³/mol. The summed E-state index contributed by atoms with van der Waals surface area (Å²) in [6.45, 7) is 2.23. The van der Waals surface area contributed by atoms with Crippen molar-refractivity contribution in [2.75, 3.05) is 0 Å². The Labute approximate surface area is 250 Å². The summed E-state index contributed by atoms with van der Waals surface area (Å²) >= 11 is 0. The molecule has 0 saturated carbocycles. The number of carboxylic acids is 1. The fourth-order valence-corrected chi connectivity index (χ4v) is 5.49. The lowest BCUT2D eigenvalue weighted by Crippen LogP contribution is -2.51. The molecule has 1 aromatic heterocycles. The fraction of sp³-hybridized carbons (Fsp3) is 0.441. The molecule has 4 aromatic rings. The van der Waals surface area contributed by atoms with Crippen LogP contribution in [0.3, 0.4) is 0 Å². The van der Waals surface area contributed by atoms with Crippen molar-refractivity contribution >= 4 is 16.7 Å². The summed E-state index contributed by atoms with van der Waals surface area (Å²) < 4.78 is 44.6. The van der Waals surface area contributed by atoms with E-state index in [-0.39, 0.29) is 12.8 Å². The molecule has 0 saturated heterocycles. The van der Waals surface area contributed by atoms with E-state index in [4.69, 9.17) is 10.3 Å². The molecule has 0 radical (unpaired) electrons. The summed E-state index contributed by atoms with van der Waals surface area (Å²) in [6.07, 6.45) is 7.22. The zero-order valence-corrected chi connectivity index (χ0v) is 24.6. The number of hydrogen-bond donors (Lipinski definition) is 2. The number of hydrogen-bond acceptors (Lipinski definition) is 5. The van der Waals surface area contributed by atoms with E-state index < -0.39 is 23.2 Å². The zero-order chi connectivity index (χ0) is 30.9. The van der Waals surface area contributed by atoms with Crippen molar-refractivity contribution in [1.29, 1.82) is 0 Å². The van der Waals surface area contributed by atoms with Crippen LogP contribution in [0.15, 0.2) is 65.2 Å². The van der Waals surface area contributed by atoms with Gasteiger partial charge in [-0.2, -0.15) is 18.2 Å². The van der Waals surface area contributed by atoms with Crippen molar-refractivity contribution in [3.63, 3.8) is 0 Å². The molecule has 0 fully saturated rings. The molecular weight excluding hydrogens is 555 g/mol. The Morgan fingerprint density at radius 2 is 1.47 bits per heavy atom. The first kappa shape index (κ1) is 32.2. The van der Waals surface area contributed by atoms with E-state index in [2.05, 4.69) is 17.1 Å². The Hall–Kier alpha value is -3.72. The number of carbonyl (C=O) groups is 1. The van der Waals surface area contributed by atoms with Gasteiger partial charge >= 0.3 is 12.1 Å². The Kier molecular flexibility index (Phi) is 11.0. The highest BCUT2D eigenvalue weighted by molar-refractivity contribution is 5.97. The normalized spacial score (nSPS) is 13.3. The third kappa shape index (κ3) is 8.66. The Bertz CT molecular complexity index is 1480. The van der Waals surface area contributed by atoms with E-state index in [0.717, 1.165) is 47.7 Å². The molecule has 1 unspecified atom stereocenters. The zero-order valence-electron chi connectivity index (χ0n) is 24.6. The number of alkyl halides is 3. The number of unbranched alkanes of at least 4 members (excludes halogenated alkanes) is 8. The van der Waals surface area contributed by atoms with Crippen LogP contribution in [0, 0.1) is 0 Å². The number of carboxylic acid groups (broad SMARTS) is 1. The molecule has 0 spiro atoms. The second-order valence-electron chi connectivity index (χ2n) is 11.4. The molecule has 0 amide bonds. The number of benzene rings is 3. The Morgan fingerprint density at radius 3 is 2.09 bits per heavy atom. The van der Waals surface area contributed by atoms with Crippen molar-refractivity contribution in [2.24, 2.45) is 5.73 Å². The molecule has 1 atom stereocenters. The lowest BCUT2D eigenvalue weighted by Gasteiger charge is -2.26. The molecule has 43 heavy (non-hydrogen) atoms. The number of rotatable bonds is 16. The number of fused-ring (bicyclic) bond motifs is 1. The molecule has 0 aliphatic heterocycles. The van der Waals surface area contributed by atoms with Crippen LogP contribution in [0.25, 0.3) is 22.2 Å². The van der Waals surface area contributed by atoms with Crippen molar-refractivity contribution in [1.82, 2.24) is 10.1 Å². The predicted octanol–water partition coefficient (Wildman–Crippen LogP) is 8.55. The van der Waals surface area contributed by atoms with E-state index in [1.54, 1.807) is 6.07 Å². The van der Waals surface area contributed by atoms with Crippen molar-refractivity contribution in [3.05, 3.63) is 83.2 Å². The average Bonchev–Trinajstić information content (AvgIpc) is 3.45. The van der Waals surface area contributed by atoms with Gasteiger partial charge < -0.3 is 15.4 Å². The molecule has 6 nitrogen and oxygen atoms in total. The van der Waals surface area contributed by atoms with E-state index in [1.165, 1.54) is 57.1 Å². The molecule has 3 N–H and O–H groups in total. The average molecular weight is 596 g/mol. The van der Waals surface area contributed by atoms with E-state index in [9.17, 15) is 23.1 Å². The minimum atomic E-state index is -4.47. The van der Waals surface area contributed by atoms with Gasteiger partial charge in [-0.05, 0) is 46.5 Å². The molecule has 230 valence electrons. The van der Waals surface area contributed by atoms with Crippen LogP contribution in [-0.2, 0) is 30.2 Å². The van der Waals surface area contributed by atoms with Crippen molar-refractivity contribution in [3.8, 4) is 11.5 Å². The van der Waals surface area contributed by atoms with Crippen LogP contribution in [0.5, 0.6) is 0 Å². The van der Waals surface area contributed by atoms with Gasteiger partial charge in [-0.25, -0.2) is 0 Å². The smallest absolute Gasteiger partial charge is 0.416 e. The molecular formula is C34H40F3N3O3.